The third-order valence-electron chi connectivity index (χ3n) is 5.51. The van der Waals surface area contributed by atoms with E-state index < -0.39 is 85.2 Å². The second-order valence-electron chi connectivity index (χ2n) is 7.75. The number of carbonyl (C=O) groups excluding carboxylic acids is 2. The van der Waals surface area contributed by atoms with Crippen LogP contribution in [0.4, 0.5) is 0 Å². The van der Waals surface area contributed by atoms with Crippen molar-refractivity contribution in [3.05, 3.63) is 44.8 Å². The molecule has 34 heavy (non-hydrogen) atoms. The number of nitrogens with zero attached hydrogens (tertiary/aromatic N) is 1. The van der Waals surface area contributed by atoms with Gasteiger partial charge in [-0.15, -0.1) is 0 Å². The van der Waals surface area contributed by atoms with Crippen LogP contribution < -0.4 is 16.6 Å². The van der Waals surface area contributed by atoms with Crippen LogP contribution in [0.1, 0.15) is 12.6 Å². The molecule has 8 atom stereocenters. The minimum absolute atomic E-state index is 0.0214. The van der Waals surface area contributed by atoms with Crippen molar-refractivity contribution in [2.24, 2.45) is 0 Å². The van der Waals surface area contributed by atoms with Gasteiger partial charge < -0.3 is 40.1 Å². The van der Waals surface area contributed by atoms with Crippen LogP contribution >= 0.6 is 0 Å². The van der Waals surface area contributed by atoms with Crippen LogP contribution in [0, 0.1) is 0 Å². The van der Waals surface area contributed by atoms with Crippen LogP contribution in [-0.2, 0) is 19.1 Å². The molecule has 15 nitrogen and oxygen atoms in total. The van der Waals surface area contributed by atoms with E-state index in [1.165, 1.54) is 6.08 Å². The largest absolute Gasteiger partial charge is 0.394 e. The number of aromatic amines is 1. The van der Waals surface area contributed by atoms with Crippen molar-refractivity contribution < 1.29 is 49.7 Å². The highest BCUT2D eigenvalue weighted by molar-refractivity contribution is 6.08. The smallest absolute Gasteiger partial charge is 0.330 e. The van der Waals surface area contributed by atoms with Crippen molar-refractivity contribution in [2.45, 2.75) is 55.4 Å². The molecule has 2 unspecified atom stereocenters. The van der Waals surface area contributed by atoms with Crippen molar-refractivity contribution in [3.63, 3.8) is 0 Å². The molecule has 3 aliphatic rings. The Labute approximate surface area is 190 Å². The third-order valence-corrected chi connectivity index (χ3v) is 5.51. The van der Waals surface area contributed by atoms with Crippen LogP contribution in [-0.4, -0.2) is 108 Å². The molecule has 4 rings (SSSR count). The van der Waals surface area contributed by atoms with E-state index in [4.69, 9.17) is 19.7 Å². The van der Waals surface area contributed by atoms with Gasteiger partial charge in [-0.05, 0) is 0 Å². The highest BCUT2D eigenvalue weighted by Gasteiger charge is 2.46. The summed E-state index contributed by atoms with van der Waals surface area (Å²) < 4.78 is 11.3. The number of imide groups is 1. The molecular weight excluding hydrogens is 462 g/mol. The Kier molecular flexibility index (Phi) is 8.11. The molecule has 0 saturated carbocycles. The second-order valence-corrected chi connectivity index (χ2v) is 7.75. The maximum absolute atomic E-state index is 11.5. The zero-order chi connectivity index (χ0) is 25.2. The number of aromatic nitrogens is 2. The van der Waals surface area contributed by atoms with Crippen LogP contribution in [0.25, 0.3) is 0 Å². The van der Waals surface area contributed by atoms with Gasteiger partial charge in [0, 0.05) is 24.3 Å². The summed E-state index contributed by atoms with van der Waals surface area (Å²) in [6.45, 7) is -0.935. The van der Waals surface area contributed by atoms with E-state index in [9.17, 15) is 39.6 Å². The summed E-state index contributed by atoms with van der Waals surface area (Å²) in [5, 5.41) is 58.3. The third kappa shape index (κ3) is 5.16. The number of ether oxygens (including phenoxy) is 2. The summed E-state index contributed by atoms with van der Waals surface area (Å²) in [5.41, 5.74) is -1.22. The number of hydrogen-bond donors (Lipinski definition) is 8. The number of hydrogen-bond acceptors (Lipinski definition) is 12. The fourth-order valence-electron chi connectivity index (χ4n) is 3.68. The summed E-state index contributed by atoms with van der Waals surface area (Å²) in [4.78, 5) is 46.7. The number of H-pyrrole nitrogens is 1. The van der Waals surface area contributed by atoms with Crippen molar-refractivity contribution in [1.29, 1.82) is 0 Å². The molecule has 0 aliphatic carbocycles. The lowest BCUT2D eigenvalue weighted by atomic mass is 9.98. The number of rotatable bonds is 4. The summed E-state index contributed by atoms with van der Waals surface area (Å²) in [6.07, 6.45) is -6.69. The Morgan fingerprint density at radius 3 is 2.06 bits per heavy atom. The Morgan fingerprint density at radius 2 is 1.53 bits per heavy atom. The minimum Gasteiger partial charge on any atom is -0.394 e. The lowest BCUT2D eigenvalue weighted by molar-refractivity contribution is -0.130. The SMILES string of the molecule is O=C1CC=C([C@@H]2O[C@H](CO)[C@H](O)C2O)C(=O)N1.O=c1ccn([C@@H]2O[C@H](CO)[C@H](O)C2O)c(=O)[nH]1. The summed E-state index contributed by atoms with van der Waals surface area (Å²) >= 11 is 0. The molecular formula is C19H25N3O12. The Balaban J connectivity index is 0.000000191. The van der Waals surface area contributed by atoms with E-state index in [1.807, 2.05) is 4.98 Å². The van der Waals surface area contributed by atoms with Crippen molar-refractivity contribution in [2.75, 3.05) is 13.2 Å². The van der Waals surface area contributed by atoms with E-state index in [-0.39, 0.29) is 12.0 Å². The lowest BCUT2D eigenvalue weighted by Crippen LogP contribution is -2.42. The predicted octanol–water partition coefficient (Wildman–Crippen LogP) is -5.41. The van der Waals surface area contributed by atoms with E-state index >= 15 is 0 Å². The molecule has 8 N–H and O–H groups in total. The van der Waals surface area contributed by atoms with E-state index in [1.54, 1.807) is 0 Å². The molecule has 0 aromatic carbocycles. The highest BCUT2D eigenvalue weighted by atomic mass is 16.6. The molecule has 3 aliphatic heterocycles. The topological polar surface area (TPSA) is 241 Å². The van der Waals surface area contributed by atoms with Gasteiger partial charge in [-0.2, -0.15) is 0 Å². The first-order valence-corrected chi connectivity index (χ1v) is 10.2. The lowest BCUT2D eigenvalue weighted by Gasteiger charge is -2.20. The summed E-state index contributed by atoms with van der Waals surface area (Å²) in [5.74, 6) is -1.07. The van der Waals surface area contributed by atoms with Gasteiger partial charge in [0.1, 0.15) is 42.7 Å². The van der Waals surface area contributed by atoms with Gasteiger partial charge in [0.15, 0.2) is 6.23 Å². The Bertz CT molecular complexity index is 1050. The maximum Gasteiger partial charge on any atom is 0.330 e. The fraction of sp³-hybridized carbons (Fsp3) is 0.579. The molecule has 15 heteroatoms. The fourth-order valence-corrected chi connectivity index (χ4v) is 3.68. The van der Waals surface area contributed by atoms with Gasteiger partial charge in [0.05, 0.1) is 13.2 Å². The second kappa shape index (κ2) is 10.7. The number of carbonyl (C=O) groups is 2. The van der Waals surface area contributed by atoms with Crippen molar-refractivity contribution in [1.82, 2.24) is 14.9 Å². The average Bonchev–Trinajstić information content (AvgIpc) is 3.24. The first kappa shape index (κ1) is 25.9. The number of amides is 2. The zero-order valence-electron chi connectivity index (χ0n) is 17.6. The van der Waals surface area contributed by atoms with Gasteiger partial charge in [0.2, 0.25) is 5.91 Å². The zero-order valence-corrected chi connectivity index (χ0v) is 17.6. The average molecular weight is 487 g/mol. The van der Waals surface area contributed by atoms with Crippen LogP contribution in [0.3, 0.4) is 0 Å². The predicted molar refractivity (Wildman–Crippen MR) is 108 cm³/mol. The standard InChI is InChI=1S/C10H13NO6.C9H12N2O6/c12-3-5-7(14)8(15)9(17-5)4-1-2-6(13)11-10(4)16;12-3-4-6(14)7(15)8(17-4)11-2-1-5(13)10-9(11)16/h1,5,7-9,12,14-15H,2-3H2,(H,11,13,16);1-2,4,6-8,12,14-15H,3H2,(H,10,13,16)/t5-,7+,8?,9+;4-,6+,7?,8-/m11/s1. The first-order chi connectivity index (χ1) is 16.1. The monoisotopic (exact) mass is 487 g/mol. The molecule has 2 amide bonds. The maximum atomic E-state index is 11.5. The van der Waals surface area contributed by atoms with Gasteiger partial charge in [-0.1, -0.05) is 6.08 Å². The number of aliphatic hydroxyl groups excluding tert-OH is 6. The number of aliphatic hydroxyl groups is 6. The van der Waals surface area contributed by atoms with E-state index in [0.717, 1.165) is 16.8 Å². The molecule has 0 radical (unpaired) electrons. The van der Waals surface area contributed by atoms with Crippen molar-refractivity contribution >= 4 is 11.8 Å². The van der Waals surface area contributed by atoms with E-state index in [0.29, 0.717) is 0 Å². The van der Waals surface area contributed by atoms with Gasteiger partial charge in [-0.3, -0.25) is 29.3 Å². The minimum atomic E-state index is -1.35. The van der Waals surface area contributed by atoms with Gasteiger partial charge in [0.25, 0.3) is 11.5 Å². The molecule has 0 spiro atoms. The quantitative estimate of drug-likeness (QED) is 0.186. The highest BCUT2D eigenvalue weighted by Crippen LogP contribution is 2.28. The molecule has 188 valence electrons. The van der Waals surface area contributed by atoms with Crippen LogP contribution in [0.2, 0.25) is 0 Å². The van der Waals surface area contributed by atoms with Crippen LogP contribution in [0.15, 0.2) is 33.5 Å². The number of nitrogens with one attached hydrogen (secondary N) is 2. The van der Waals surface area contributed by atoms with Crippen molar-refractivity contribution in [3.8, 4) is 0 Å². The summed E-state index contributed by atoms with van der Waals surface area (Å²) in [7, 11) is 0. The molecule has 0 bridgehead atoms. The van der Waals surface area contributed by atoms with Gasteiger partial charge in [-0.25, -0.2) is 4.79 Å². The summed E-state index contributed by atoms with van der Waals surface area (Å²) in [6, 6.07) is 1.09. The van der Waals surface area contributed by atoms with Gasteiger partial charge >= 0.3 is 5.69 Å². The molecule has 4 heterocycles. The van der Waals surface area contributed by atoms with E-state index in [2.05, 4.69) is 5.32 Å². The molecule has 2 saturated heterocycles. The first-order valence-electron chi connectivity index (χ1n) is 10.2. The molecule has 2 fully saturated rings. The van der Waals surface area contributed by atoms with Crippen LogP contribution in [0.5, 0.6) is 0 Å². The molecule has 1 aromatic rings. The Morgan fingerprint density at radius 1 is 0.912 bits per heavy atom. The normalized spacial score (nSPS) is 35.4. The molecule has 1 aromatic heterocycles. The Hall–Kier alpha value is -2.76.